The lowest BCUT2D eigenvalue weighted by molar-refractivity contribution is -0.384. The molecule has 1 heterocycles. The highest BCUT2D eigenvalue weighted by Gasteiger charge is 2.21. The zero-order valence-electron chi connectivity index (χ0n) is 12.0. The third kappa shape index (κ3) is 3.39. The van der Waals surface area contributed by atoms with Crippen molar-refractivity contribution >= 4 is 17.1 Å². The number of nitro benzene ring substituents is 1. The van der Waals surface area contributed by atoms with Crippen LogP contribution in [0.1, 0.15) is 19.8 Å². The Labute approximate surface area is 118 Å². The maximum absolute atomic E-state index is 11.0. The maximum atomic E-state index is 11.0. The van der Waals surface area contributed by atoms with Gasteiger partial charge < -0.3 is 15.0 Å². The number of piperidine rings is 1. The van der Waals surface area contributed by atoms with E-state index >= 15 is 0 Å². The number of nitrogens with one attached hydrogen (secondary N) is 1. The predicted molar refractivity (Wildman–Crippen MR) is 79.5 cm³/mol. The number of ether oxygens (including phenoxy) is 1. The highest BCUT2D eigenvalue weighted by Crippen LogP contribution is 2.29. The summed E-state index contributed by atoms with van der Waals surface area (Å²) >= 11 is 0. The second-order valence-electron chi connectivity index (χ2n) is 4.89. The fraction of sp³-hybridized carbons (Fsp3) is 0.571. The van der Waals surface area contributed by atoms with Crippen LogP contribution < -0.4 is 10.2 Å². The lowest BCUT2D eigenvalue weighted by Gasteiger charge is -2.33. The number of nitrogens with zero attached hydrogens (tertiary/aromatic N) is 2. The molecular weight excluding hydrogens is 258 g/mol. The zero-order valence-corrected chi connectivity index (χ0v) is 12.0. The first-order valence-corrected chi connectivity index (χ1v) is 6.97. The first-order valence-electron chi connectivity index (χ1n) is 6.97. The first-order chi connectivity index (χ1) is 9.63. The normalized spacial score (nSPS) is 16.2. The van der Waals surface area contributed by atoms with E-state index in [1.165, 1.54) is 0 Å². The Morgan fingerprint density at radius 2 is 2.10 bits per heavy atom. The van der Waals surface area contributed by atoms with Crippen molar-refractivity contribution in [3.8, 4) is 0 Å². The summed E-state index contributed by atoms with van der Waals surface area (Å²) in [7, 11) is 1.77. The molecule has 1 aromatic carbocycles. The average Bonchev–Trinajstić information content (AvgIpc) is 2.47. The molecule has 0 saturated carbocycles. The Morgan fingerprint density at radius 1 is 1.40 bits per heavy atom. The van der Waals surface area contributed by atoms with Gasteiger partial charge in [-0.3, -0.25) is 10.1 Å². The summed E-state index contributed by atoms with van der Waals surface area (Å²) in [5.74, 6) is 0. The average molecular weight is 279 g/mol. The zero-order chi connectivity index (χ0) is 14.5. The van der Waals surface area contributed by atoms with E-state index in [1.54, 1.807) is 19.2 Å². The van der Waals surface area contributed by atoms with E-state index in [9.17, 15) is 10.1 Å². The Hall–Kier alpha value is -1.82. The van der Waals surface area contributed by atoms with Crippen molar-refractivity contribution in [1.82, 2.24) is 0 Å². The van der Waals surface area contributed by atoms with Gasteiger partial charge in [-0.15, -0.1) is 0 Å². The summed E-state index contributed by atoms with van der Waals surface area (Å²) in [6.07, 6.45) is 2.25. The topological polar surface area (TPSA) is 67.6 Å². The minimum absolute atomic E-state index is 0.124. The second-order valence-corrected chi connectivity index (χ2v) is 4.89. The Morgan fingerprint density at radius 3 is 2.65 bits per heavy atom. The molecule has 1 saturated heterocycles. The molecule has 1 aromatic rings. The van der Waals surface area contributed by atoms with Crippen molar-refractivity contribution < 1.29 is 9.66 Å². The van der Waals surface area contributed by atoms with Gasteiger partial charge in [0, 0.05) is 50.3 Å². The fourth-order valence-corrected chi connectivity index (χ4v) is 2.54. The molecule has 0 aromatic heterocycles. The molecule has 1 fully saturated rings. The maximum Gasteiger partial charge on any atom is 0.273 e. The Balaban J connectivity index is 2.12. The molecule has 2 rings (SSSR count). The molecular formula is C14H21N3O3. The number of rotatable bonds is 5. The molecule has 20 heavy (non-hydrogen) atoms. The summed E-state index contributed by atoms with van der Waals surface area (Å²) in [6.45, 7) is 4.49. The molecule has 1 aliphatic rings. The Kier molecular flexibility index (Phi) is 4.79. The third-order valence-corrected chi connectivity index (χ3v) is 3.61. The number of nitro groups is 1. The van der Waals surface area contributed by atoms with E-state index in [0.29, 0.717) is 6.10 Å². The van der Waals surface area contributed by atoms with Crippen molar-refractivity contribution in [2.75, 3.05) is 37.0 Å². The van der Waals surface area contributed by atoms with Crippen LogP contribution in [0, 0.1) is 10.1 Å². The molecule has 0 unspecified atom stereocenters. The van der Waals surface area contributed by atoms with Gasteiger partial charge in [-0.05, 0) is 25.8 Å². The first kappa shape index (κ1) is 14.6. The summed E-state index contributed by atoms with van der Waals surface area (Å²) in [5, 5.41) is 14.0. The van der Waals surface area contributed by atoms with Gasteiger partial charge in [0.2, 0.25) is 0 Å². The van der Waals surface area contributed by atoms with Gasteiger partial charge in [0.1, 0.15) is 0 Å². The van der Waals surface area contributed by atoms with Crippen LogP contribution in [-0.2, 0) is 4.74 Å². The highest BCUT2D eigenvalue weighted by atomic mass is 16.6. The molecule has 0 atom stereocenters. The Bertz CT molecular complexity index is 471. The van der Waals surface area contributed by atoms with Gasteiger partial charge in [-0.25, -0.2) is 0 Å². The van der Waals surface area contributed by atoms with Crippen molar-refractivity contribution in [3.63, 3.8) is 0 Å². The van der Waals surface area contributed by atoms with Crippen LogP contribution in [-0.4, -0.2) is 37.8 Å². The minimum Gasteiger partial charge on any atom is -0.388 e. The van der Waals surface area contributed by atoms with Crippen LogP contribution in [0.2, 0.25) is 0 Å². The van der Waals surface area contributed by atoms with E-state index in [2.05, 4.69) is 10.2 Å². The van der Waals surface area contributed by atoms with Crippen molar-refractivity contribution in [1.29, 1.82) is 0 Å². The predicted octanol–water partition coefficient (Wildman–Crippen LogP) is 2.64. The standard InChI is InChI=1S/C14H21N3O3/c1-3-20-14-4-6-16(7-5-14)12-8-11(15-2)9-13(10-12)17(18)19/h8-10,14-15H,3-7H2,1-2H3. The van der Waals surface area contributed by atoms with E-state index in [4.69, 9.17) is 4.74 Å². The molecule has 0 radical (unpaired) electrons. The second kappa shape index (κ2) is 6.56. The number of anilines is 2. The number of hydrogen-bond donors (Lipinski definition) is 1. The van der Waals surface area contributed by atoms with Crippen molar-refractivity contribution in [2.45, 2.75) is 25.9 Å². The fourth-order valence-electron chi connectivity index (χ4n) is 2.54. The quantitative estimate of drug-likeness (QED) is 0.663. The van der Waals surface area contributed by atoms with Gasteiger partial charge in [0.25, 0.3) is 5.69 Å². The van der Waals surface area contributed by atoms with E-state index in [0.717, 1.165) is 43.9 Å². The molecule has 1 N–H and O–H groups in total. The molecule has 1 aliphatic heterocycles. The minimum atomic E-state index is -0.350. The summed E-state index contributed by atoms with van der Waals surface area (Å²) in [5.41, 5.74) is 1.79. The number of benzene rings is 1. The monoisotopic (exact) mass is 279 g/mol. The molecule has 0 amide bonds. The molecule has 6 nitrogen and oxygen atoms in total. The van der Waals surface area contributed by atoms with E-state index in [-0.39, 0.29) is 10.6 Å². The van der Waals surface area contributed by atoms with Crippen LogP contribution in [0.15, 0.2) is 18.2 Å². The van der Waals surface area contributed by atoms with Crippen LogP contribution in [0.25, 0.3) is 0 Å². The molecule has 110 valence electrons. The van der Waals surface area contributed by atoms with Crippen molar-refractivity contribution in [2.24, 2.45) is 0 Å². The van der Waals surface area contributed by atoms with Gasteiger partial charge in [0.15, 0.2) is 0 Å². The number of hydrogen-bond acceptors (Lipinski definition) is 5. The van der Waals surface area contributed by atoms with Crippen LogP contribution in [0.3, 0.4) is 0 Å². The summed E-state index contributed by atoms with van der Waals surface area (Å²) in [6, 6.07) is 5.15. The smallest absolute Gasteiger partial charge is 0.273 e. The van der Waals surface area contributed by atoms with E-state index < -0.39 is 0 Å². The molecule has 0 aliphatic carbocycles. The van der Waals surface area contributed by atoms with Gasteiger partial charge in [0.05, 0.1) is 11.0 Å². The lowest BCUT2D eigenvalue weighted by atomic mass is 10.1. The molecule has 6 heteroatoms. The van der Waals surface area contributed by atoms with Gasteiger partial charge in [-0.2, -0.15) is 0 Å². The highest BCUT2D eigenvalue weighted by molar-refractivity contribution is 5.64. The molecule has 0 bridgehead atoms. The lowest BCUT2D eigenvalue weighted by Crippen LogP contribution is -2.37. The third-order valence-electron chi connectivity index (χ3n) is 3.61. The SMILES string of the molecule is CCOC1CCN(c2cc(NC)cc([N+](=O)[O-])c2)CC1. The van der Waals surface area contributed by atoms with Crippen LogP contribution in [0.4, 0.5) is 17.1 Å². The van der Waals surface area contributed by atoms with Gasteiger partial charge in [-0.1, -0.05) is 0 Å². The van der Waals surface area contributed by atoms with Gasteiger partial charge >= 0.3 is 0 Å². The van der Waals surface area contributed by atoms with E-state index in [1.807, 2.05) is 13.0 Å². The largest absolute Gasteiger partial charge is 0.388 e. The summed E-state index contributed by atoms with van der Waals surface area (Å²) < 4.78 is 5.63. The van der Waals surface area contributed by atoms with Crippen molar-refractivity contribution in [3.05, 3.63) is 28.3 Å². The summed E-state index contributed by atoms with van der Waals surface area (Å²) in [4.78, 5) is 12.8. The van der Waals surface area contributed by atoms with Crippen LogP contribution in [0.5, 0.6) is 0 Å². The molecule has 0 spiro atoms. The van der Waals surface area contributed by atoms with Crippen LogP contribution >= 0.6 is 0 Å². The number of non-ortho nitro benzene ring substituents is 1.